The highest BCUT2D eigenvalue weighted by Crippen LogP contribution is 2.40. The van der Waals surface area contributed by atoms with Gasteiger partial charge in [-0.3, -0.25) is 9.78 Å². The van der Waals surface area contributed by atoms with Crippen molar-refractivity contribution in [2.75, 3.05) is 13.4 Å². The number of ketones is 1. The van der Waals surface area contributed by atoms with Gasteiger partial charge in [0, 0.05) is 36.2 Å². The molecule has 1 aliphatic rings. The maximum Gasteiger partial charge on any atom is 0.175 e. The average Bonchev–Trinajstić information content (AvgIpc) is 2.95. The molecule has 0 fully saturated rings. The molecule has 6 heteroatoms. The summed E-state index contributed by atoms with van der Waals surface area (Å²) in [5.41, 5.74) is 3.01. The lowest BCUT2D eigenvalue weighted by Gasteiger charge is -2.11. The van der Waals surface area contributed by atoms with Crippen LogP contribution in [-0.2, 0) is 14.6 Å². The van der Waals surface area contributed by atoms with E-state index < -0.39 is 9.84 Å². The summed E-state index contributed by atoms with van der Waals surface area (Å²) in [6.07, 6.45) is 5.46. The summed E-state index contributed by atoms with van der Waals surface area (Å²) in [4.78, 5) is 16.8. The topological polar surface area (TPSA) is 73.3 Å². The van der Waals surface area contributed by atoms with Crippen LogP contribution in [0.5, 0.6) is 5.75 Å². The van der Waals surface area contributed by atoms with Crippen molar-refractivity contribution in [1.29, 1.82) is 0 Å². The first-order chi connectivity index (χ1) is 11.4. The third-order valence-corrected chi connectivity index (χ3v) is 5.21. The number of Topliss-reactive ketones (excluding diaryl/α,β-unsaturated/α-hetero) is 1. The maximum atomic E-state index is 12.4. The summed E-state index contributed by atoms with van der Waals surface area (Å²) in [6.45, 7) is 0. The molecule has 1 aliphatic carbocycles. The molecule has 2 aromatic rings. The summed E-state index contributed by atoms with van der Waals surface area (Å²) in [7, 11) is -1.69. The van der Waals surface area contributed by atoms with E-state index in [2.05, 4.69) is 4.98 Å². The van der Waals surface area contributed by atoms with Crippen LogP contribution in [0.4, 0.5) is 0 Å². The Labute approximate surface area is 140 Å². The summed E-state index contributed by atoms with van der Waals surface area (Å²) in [5.74, 6) is 0.643. The van der Waals surface area contributed by atoms with Crippen molar-refractivity contribution in [2.24, 2.45) is 0 Å². The van der Waals surface area contributed by atoms with Gasteiger partial charge >= 0.3 is 0 Å². The van der Waals surface area contributed by atoms with Crippen LogP contribution in [0.1, 0.15) is 24.0 Å². The Kier molecular flexibility index (Phi) is 4.24. The van der Waals surface area contributed by atoms with Gasteiger partial charge in [-0.05, 0) is 35.8 Å². The van der Waals surface area contributed by atoms with E-state index in [0.717, 1.165) is 11.1 Å². The zero-order valence-electron chi connectivity index (χ0n) is 13.4. The lowest BCUT2D eigenvalue weighted by molar-refractivity contribution is -0.113. The van der Waals surface area contributed by atoms with Gasteiger partial charge in [0.05, 0.1) is 12.0 Å². The van der Waals surface area contributed by atoms with Gasteiger partial charge in [-0.1, -0.05) is 12.1 Å². The van der Waals surface area contributed by atoms with Crippen molar-refractivity contribution < 1.29 is 17.9 Å². The Hall–Kier alpha value is -2.47. The van der Waals surface area contributed by atoms with Gasteiger partial charge in [0.2, 0.25) is 0 Å². The van der Waals surface area contributed by atoms with Crippen molar-refractivity contribution in [1.82, 2.24) is 4.98 Å². The second-order valence-electron chi connectivity index (χ2n) is 5.65. The zero-order chi connectivity index (χ0) is 17.3. The van der Waals surface area contributed by atoms with Crippen molar-refractivity contribution in [2.45, 2.75) is 17.7 Å². The molecule has 3 rings (SSSR count). The van der Waals surface area contributed by atoms with Crippen LogP contribution < -0.4 is 4.74 Å². The molecule has 0 unspecified atom stereocenters. The predicted molar refractivity (Wildman–Crippen MR) is 91.4 cm³/mol. The second-order valence-corrected chi connectivity index (χ2v) is 7.66. The van der Waals surface area contributed by atoms with Crippen LogP contribution in [0.25, 0.3) is 11.1 Å². The number of methoxy groups -OCH3 is 1. The molecule has 1 aromatic heterocycles. The van der Waals surface area contributed by atoms with E-state index in [0.29, 0.717) is 29.7 Å². The summed E-state index contributed by atoms with van der Waals surface area (Å²) in [6, 6.07) is 8.34. The number of hydrogen-bond donors (Lipinski definition) is 0. The fraction of sp³-hybridized carbons (Fsp3) is 0.222. The molecular weight excluding hydrogens is 326 g/mol. The minimum absolute atomic E-state index is 0.0449. The van der Waals surface area contributed by atoms with E-state index in [9.17, 15) is 13.2 Å². The number of sulfone groups is 1. The summed E-state index contributed by atoms with van der Waals surface area (Å²) >= 11 is 0. The first-order valence-corrected chi connectivity index (χ1v) is 9.36. The molecule has 1 aromatic carbocycles. The van der Waals surface area contributed by atoms with Gasteiger partial charge in [-0.15, -0.1) is 0 Å². The lowest BCUT2D eigenvalue weighted by Crippen LogP contribution is -2.00. The molecule has 24 heavy (non-hydrogen) atoms. The maximum absolute atomic E-state index is 12.4. The molecule has 5 nitrogen and oxygen atoms in total. The number of ether oxygens (including phenoxy) is 1. The molecule has 0 amide bonds. The van der Waals surface area contributed by atoms with E-state index in [4.69, 9.17) is 4.74 Å². The predicted octanol–water partition coefficient (Wildman–Crippen LogP) is 2.77. The van der Waals surface area contributed by atoms with Crippen molar-refractivity contribution in [3.63, 3.8) is 0 Å². The van der Waals surface area contributed by atoms with Gasteiger partial charge < -0.3 is 4.74 Å². The largest absolute Gasteiger partial charge is 0.496 e. The first kappa shape index (κ1) is 16.4. The molecule has 0 saturated heterocycles. The van der Waals surface area contributed by atoms with Crippen LogP contribution in [0.3, 0.4) is 0 Å². The smallest absolute Gasteiger partial charge is 0.175 e. The second kappa shape index (κ2) is 6.20. The monoisotopic (exact) mass is 343 g/mol. The van der Waals surface area contributed by atoms with Gasteiger partial charge in [0.15, 0.2) is 15.6 Å². The van der Waals surface area contributed by atoms with E-state index in [-0.39, 0.29) is 10.7 Å². The number of nitrogens with zero attached hydrogens (tertiary/aromatic N) is 1. The summed E-state index contributed by atoms with van der Waals surface area (Å²) in [5, 5.41) is 0. The Morgan fingerprint density at radius 3 is 2.42 bits per heavy atom. The van der Waals surface area contributed by atoms with Crippen LogP contribution in [0.2, 0.25) is 0 Å². The standard InChI is InChI=1S/C18H17NO4S/c1-23-17-9-10-19-11-15(17)18-14(7-8-16(18)20)12-3-5-13(6-4-12)24(2,21)22/h3-6,9-11H,7-8H2,1-2H3. The Bertz CT molecular complexity index is 928. The molecule has 0 radical (unpaired) electrons. The van der Waals surface area contributed by atoms with Gasteiger partial charge in [-0.2, -0.15) is 0 Å². The highest BCUT2D eigenvalue weighted by Gasteiger charge is 2.27. The number of carbonyl (C=O) groups excluding carboxylic acids is 1. The quantitative estimate of drug-likeness (QED) is 0.853. The zero-order valence-corrected chi connectivity index (χ0v) is 14.3. The van der Waals surface area contributed by atoms with Crippen LogP contribution in [-0.4, -0.2) is 32.6 Å². The minimum atomic E-state index is -3.24. The third-order valence-electron chi connectivity index (χ3n) is 4.08. The number of rotatable bonds is 4. The van der Waals surface area contributed by atoms with Crippen LogP contribution >= 0.6 is 0 Å². The van der Waals surface area contributed by atoms with Gasteiger partial charge in [0.25, 0.3) is 0 Å². The molecule has 0 spiro atoms. The summed E-state index contributed by atoms with van der Waals surface area (Å²) < 4.78 is 28.5. The lowest BCUT2D eigenvalue weighted by atomic mass is 9.97. The molecular formula is C18H17NO4S. The SMILES string of the molecule is COc1ccncc1C1=C(c2ccc(S(C)(=O)=O)cc2)CCC1=O. The number of carbonyl (C=O) groups is 1. The number of benzene rings is 1. The van der Waals surface area contributed by atoms with Crippen molar-refractivity contribution >= 4 is 26.8 Å². The molecule has 0 aliphatic heterocycles. The highest BCUT2D eigenvalue weighted by molar-refractivity contribution is 7.90. The van der Waals surface area contributed by atoms with E-state index in [1.54, 1.807) is 49.8 Å². The van der Waals surface area contributed by atoms with Crippen LogP contribution in [0.15, 0.2) is 47.6 Å². The fourth-order valence-electron chi connectivity index (χ4n) is 2.91. The Morgan fingerprint density at radius 1 is 1.08 bits per heavy atom. The van der Waals surface area contributed by atoms with Crippen molar-refractivity contribution in [3.8, 4) is 5.75 Å². The van der Waals surface area contributed by atoms with E-state index >= 15 is 0 Å². The highest BCUT2D eigenvalue weighted by atomic mass is 32.2. The fourth-order valence-corrected chi connectivity index (χ4v) is 3.54. The molecule has 124 valence electrons. The van der Waals surface area contributed by atoms with Crippen molar-refractivity contribution in [3.05, 3.63) is 53.9 Å². The first-order valence-electron chi connectivity index (χ1n) is 7.47. The van der Waals surface area contributed by atoms with E-state index in [1.165, 1.54) is 6.26 Å². The molecule has 0 atom stereocenters. The normalized spacial score (nSPS) is 15.0. The average molecular weight is 343 g/mol. The Balaban J connectivity index is 2.13. The van der Waals surface area contributed by atoms with Gasteiger partial charge in [0.1, 0.15) is 5.75 Å². The molecule has 1 heterocycles. The number of allylic oxidation sites excluding steroid dienone is 2. The van der Waals surface area contributed by atoms with Crippen LogP contribution in [0, 0.1) is 0 Å². The molecule has 0 bridgehead atoms. The Morgan fingerprint density at radius 2 is 1.79 bits per heavy atom. The number of pyridine rings is 1. The van der Waals surface area contributed by atoms with E-state index in [1.807, 2.05) is 0 Å². The third kappa shape index (κ3) is 2.97. The number of aromatic nitrogens is 1. The van der Waals surface area contributed by atoms with Gasteiger partial charge in [-0.25, -0.2) is 8.42 Å². The number of hydrogen-bond acceptors (Lipinski definition) is 5. The molecule has 0 saturated carbocycles. The minimum Gasteiger partial charge on any atom is -0.496 e. The molecule has 0 N–H and O–H groups in total.